The second-order valence-electron chi connectivity index (χ2n) is 5.38. The maximum Gasteiger partial charge on any atom is 0.178 e. The Balaban J connectivity index is 2.54. The van der Waals surface area contributed by atoms with Gasteiger partial charge in [0.15, 0.2) is 4.77 Å². The molecule has 0 fully saturated rings. The van der Waals surface area contributed by atoms with Gasteiger partial charge in [-0.05, 0) is 58.4 Å². The summed E-state index contributed by atoms with van der Waals surface area (Å²) >= 11 is 11.5. The van der Waals surface area contributed by atoms with Crippen molar-refractivity contribution in [3.8, 4) is 0 Å². The standard InChI is InChI=1S/C13H18ClN3S/c1-13(2,16(3)4)8-17-11-7-9(14)5-6-10(11)15-12(17)18/h5-7H,8H2,1-4H3,(H,15,18). The fourth-order valence-electron chi connectivity index (χ4n) is 1.81. The average Bonchev–Trinajstić information content (AvgIpc) is 2.55. The third kappa shape index (κ3) is 2.46. The van der Waals surface area contributed by atoms with Crippen molar-refractivity contribution < 1.29 is 0 Å². The summed E-state index contributed by atoms with van der Waals surface area (Å²) in [6.07, 6.45) is 0. The second-order valence-corrected chi connectivity index (χ2v) is 6.21. The minimum atomic E-state index is 0.0235. The Hall–Kier alpha value is -0.840. The van der Waals surface area contributed by atoms with Gasteiger partial charge in [-0.25, -0.2) is 0 Å². The molecule has 3 nitrogen and oxygen atoms in total. The Morgan fingerprint density at radius 1 is 1.39 bits per heavy atom. The molecule has 98 valence electrons. The van der Waals surface area contributed by atoms with E-state index in [1.54, 1.807) is 0 Å². The van der Waals surface area contributed by atoms with Crippen LogP contribution in [0, 0.1) is 4.77 Å². The second kappa shape index (κ2) is 4.68. The van der Waals surface area contributed by atoms with Crippen LogP contribution in [0.25, 0.3) is 11.0 Å². The molecule has 18 heavy (non-hydrogen) atoms. The lowest BCUT2D eigenvalue weighted by Crippen LogP contribution is -2.42. The molecule has 5 heteroatoms. The lowest BCUT2D eigenvalue weighted by Gasteiger charge is -2.33. The summed E-state index contributed by atoms with van der Waals surface area (Å²) in [5, 5.41) is 0.730. The number of H-pyrrole nitrogens is 1. The summed E-state index contributed by atoms with van der Waals surface area (Å²) in [5.41, 5.74) is 2.11. The molecule has 0 amide bonds. The minimum Gasteiger partial charge on any atom is -0.331 e. The van der Waals surface area contributed by atoms with Gasteiger partial charge in [0.1, 0.15) is 0 Å². The largest absolute Gasteiger partial charge is 0.331 e. The zero-order chi connectivity index (χ0) is 13.5. The van der Waals surface area contributed by atoms with Gasteiger partial charge in [0.05, 0.1) is 11.0 Å². The molecule has 0 saturated heterocycles. The predicted molar refractivity (Wildman–Crippen MR) is 79.9 cm³/mol. The quantitative estimate of drug-likeness (QED) is 0.869. The number of rotatable bonds is 3. The lowest BCUT2D eigenvalue weighted by atomic mass is 10.0. The van der Waals surface area contributed by atoms with Crippen LogP contribution in [0.15, 0.2) is 18.2 Å². The van der Waals surface area contributed by atoms with Gasteiger partial charge in [-0.3, -0.25) is 0 Å². The van der Waals surface area contributed by atoms with E-state index in [4.69, 9.17) is 23.8 Å². The average molecular weight is 284 g/mol. The summed E-state index contributed by atoms with van der Waals surface area (Å²) in [4.78, 5) is 5.41. The van der Waals surface area contributed by atoms with Crippen LogP contribution in [0.2, 0.25) is 5.02 Å². The summed E-state index contributed by atoms with van der Waals surface area (Å²) in [7, 11) is 4.15. The SMILES string of the molecule is CN(C)C(C)(C)Cn1c(=S)[nH]c2ccc(Cl)cc21. The number of benzene rings is 1. The molecule has 2 rings (SSSR count). The molecule has 1 aromatic heterocycles. The van der Waals surface area contributed by atoms with Crippen LogP contribution < -0.4 is 0 Å². The van der Waals surface area contributed by atoms with Crippen LogP contribution in [-0.2, 0) is 6.54 Å². The van der Waals surface area contributed by atoms with E-state index in [2.05, 4.69) is 42.4 Å². The van der Waals surface area contributed by atoms with Gasteiger partial charge < -0.3 is 14.5 Å². The molecule has 0 radical (unpaired) electrons. The first-order valence-corrected chi connectivity index (χ1v) is 6.65. The molecule has 1 aromatic carbocycles. The summed E-state index contributed by atoms with van der Waals surface area (Å²) in [5.74, 6) is 0. The molecular formula is C13H18ClN3S. The predicted octanol–water partition coefficient (Wildman–Crippen LogP) is 3.69. The third-order valence-corrected chi connectivity index (χ3v) is 4.05. The molecule has 1 heterocycles. The number of hydrogen-bond donors (Lipinski definition) is 1. The van der Waals surface area contributed by atoms with Crippen molar-refractivity contribution >= 4 is 34.9 Å². The number of imidazole rings is 1. The van der Waals surface area contributed by atoms with E-state index < -0.39 is 0 Å². The first kappa shape index (κ1) is 13.6. The van der Waals surface area contributed by atoms with Gasteiger partial charge >= 0.3 is 0 Å². The topological polar surface area (TPSA) is 24.0 Å². The van der Waals surface area contributed by atoms with Crippen LogP contribution in [-0.4, -0.2) is 34.1 Å². The highest BCUT2D eigenvalue weighted by Gasteiger charge is 2.22. The van der Waals surface area contributed by atoms with Gasteiger partial charge in [0.25, 0.3) is 0 Å². The van der Waals surface area contributed by atoms with E-state index in [1.165, 1.54) is 0 Å². The van der Waals surface area contributed by atoms with Crippen molar-refractivity contribution in [3.05, 3.63) is 28.0 Å². The number of halogens is 1. The van der Waals surface area contributed by atoms with Crippen LogP contribution in [0.5, 0.6) is 0 Å². The van der Waals surface area contributed by atoms with Crippen LogP contribution >= 0.6 is 23.8 Å². The molecule has 0 spiro atoms. The number of aromatic nitrogens is 2. The molecule has 0 atom stereocenters. The van der Waals surface area contributed by atoms with Crippen LogP contribution in [0.1, 0.15) is 13.8 Å². The summed E-state index contributed by atoms with van der Waals surface area (Å²) in [6, 6.07) is 5.79. The molecule has 0 saturated carbocycles. The van der Waals surface area contributed by atoms with Gasteiger partial charge in [-0.2, -0.15) is 0 Å². The monoisotopic (exact) mass is 283 g/mol. The minimum absolute atomic E-state index is 0.0235. The maximum absolute atomic E-state index is 6.06. The Morgan fingerprint density at radius 2 is 2.06 bits per heavy atom. The van der Waals surface area contributed by atoms with Crippen LogP contribution in [0.4, 0.5) is 0 Å². The lowest BCUT2D eigenvalue weighted by molar-refractivity contribution is 0.170. The maximum atomic E-state index is 6.06. The fourth-order valence-corrected chi connectivity index (χ4v) is 2.25. The molecule has 0 unspecified atom stereocenters. The molecule has 1 N–H and O–H groups in total. The van der Waals surface area contributed by atoms with Crippen molar-refractivity contribution in [2.45, 2.75) is 25.9 Å². The van der Waals surface area contributed by atoms with Crippen LogP contribution in [0.3, 0.4) is 0 Å². The van der Waals surface area contributed by atoms with Crippen molar-refractivity contribution in [1.82, 2.24) is 14.5 Å². The number of aromatic amines is 1. The molecule has 0 aliphatic rings. The first-order chi connectivity index (χ1) is 8.31. The number of likely N-dealkylation sites (N-methyl/N-ethyl adjacent to an activating group) is 1. The first-order valence-electron chi connectivity index (χ1n) is 5.87. The Labute approximate surface area is 117 Å². The normalized spacial score (nSPS) is 12.6. The molecule has 0 bridgehead atoms. The number of nitrogens with one attached hydrogen (secondary N) is 1. The third-order valence-electron chi connectivity index (χ3n) is 3.49. The van der Waals surface area contributed by atoms with Gasteiger partial charge in [0, 0.05) is 17.1 Å². The molecule has 2 aromatic rings. The van der Waals surface area contributed by atoms with Gasteiger partial charge in [0.2, 0.25) is 0 Å². The van der Waals surface area contributed by atoms with Crippen molar-refractivity contribution in [3.63, 3.8) is 0 Å². The van der Waals surface area contributed by atoms with Gasteiger partial charge in [-0.1, -0.05) is 11.6 Å². The zero-order valence-corrected chi connectivity index (χ0v) is 12.7. The van der Waals surface area contributed by atoms with Crippen molar-refractivity contribution in [1.29, 1.82) is 0 Å². The van der Waals surface area contributed by atoms with E-state index in [0.29, 0.717) is 0 Å². The van der Waals surface area contributed by atoms with E-state index >= 15 is 0 Å². The number of hydrogen-bond acceptors (Lipinski definition) is 2. The van der Waals surface area contributed by atoms with Crippen molar-refractivity contribution in [2.24, 2.45) is 0 Å². The summed E-state index contributed by atoms with van der Waals surface area (Å²) in [6.45, 7) is 5.20. The smallest absolute Gasteiger partial charge is 0.178 e. The Bertz CT molecular complexity index is 625. The Kier molecular flexibility index (Phi) is 3.54. The zero-order valence-electron chi connectivity index (χ0n) is 11.1. The fraction of sp³-hybridized carbons (Fsp3) is 0.462. The summed E-state index contributed by atoms with van der Waals surface area (Å²) < 4.78 is 2.85. The van der Waals surface area contributed by atoms with E-state index in [9.17, 15) is 0 Å². The molecular weight excluding hydrogens is 266 g/mol. The van der Waals surface area contributed by atoms with Crippen molar-refractivity contribution in [2.75, 3.05) is 14.1 Å². The van der Waals surface area contributed by atoms with E-state index in [-0.39, 0.29) is 5.54 Å². The van der Waals surface area contributed by atoms with E-state index in [0.717, 1.165) is 27.4 Å². The van der Waals surface area contributed by atoms with E-state index in [1.807, 2.05) is 18.2 Å². The number of nitrogens with zero attached hydrogens (tertiary/aromatic N) is 2. The molecule has 0 aliphatic carbocycles. The number of fused-ring (bicyclic) bond motifs is 1. The highest BCUT2D eigenvalue weighted by atomic mass is 35.5. The highest BCUT2D eigenvalue weighted by molar-refractivity contribution is 7.71. The van der Waals surface area contributed by atoms with Gasteiger partial charge in [-0.15, -0.1) is 0 Å². The molecule has 0 aliphatic heterocycles. The highest BCUT2D eigenvalue weighted by Crippen LogP contribution is 2.22. The Morgan fingerprint density at radius 3 is 2.67 bits per heavy atom.